The van der Waals surface area contributed by atoms with E-state index in [0.717, 1.165) is 0 Å². The quantitative estimate of drug-likeness (QED) is 0.724. The molecule has 0 aliphatic rings. The summed E-state index contributed by atoms with van der Waals surface area (Å²) in [5.74, 6) is -1.10. The fourth-order valence-corrected chi connectivity index (χ4v) is 1.60. The number of benzene rings is 1. The summed E-state index contributed by atoms with van der Waals surface area (Å²) in [6.07, 6.45) is 0. The number of aromatic carboxylic acids is 1. The molecule has 0 bridgehead atoms. The topological polar surface area (TPSA) is 87.7 Å². The van der Waals surface area contributed by atoms with E-state index in [-0.39, 0.29) is 11.3 Å². The molecule has 3 N–H and O–H groups in total. The van der Waals surface area contributed by atoms with E-state index in [1.165, 1.54) is 19.2 Å². The minimum atomic E-state index is -1.10. The Morgan fingerprint density at radius 3 is 2.78 bits per heavy atom. The van der Waals surface area contributed by atoms with Crippen molar-refractivity contribution in [3.63, 3.8) is 0 Å². The van der Waals surface area contributed by atoms with Gasteiger partial charge in [0.05, 0.1) is 17.9 Å². The van der Waals surface area contributed by atoms with Gasteiger partial charge in [0.15, 0.2) is 0 Å². The number of halogens is 1. The summed E-state index contributed by atoms with van der Waals surface area (Å²) < 4.78 is 5.46. The maximum Gasteiger partial charge on any atom is 0.337 e. The number of urea groups is 1. The van der Waals surface area contributed by atoms with Crippen LogP contribution < -0.4 is 10.6 Å². The number of anilines is 1. The number of carbonyl (C=O) groups is 2. The second kappa shape index (κ2) is 6.97. The van der Waals surface area contributed by atoms with E-state index < -0.39 is 12.0 Å². The van der Waals surface area contributed by atoms with Crippen LogP contribution in [0, 0.1) is 0 Å². The first-order valence-electron chi connectivity index (χ1n) is 5.11. The Morgan fingerprint density at radius 1 is 1.44 bits per heavy atom. The number of hydrogen-bond acceptors (Lipinski definition) is 3. The molecular weight excluding hydrogens is 304 g/mol. The Hall–Kier alpha value is -1.60. The zero-order valence-corrected chi connectivity index (χ0v) is 11.3. The molecule has 0 saturated heterocycles. The molecule has 0 heterocycles. The van der Waals surface area contributed by atoms with Gasteiger partial charge in [-0.25, -0.2) is 9.59 Å². The zero-order valence-electron chi connectivity index (χ0n) is 9.70. The summed E-state index contributed by atoms with van der Waals surface area (Å²) in [6.45, 7) is 0.733. The first-order chi connectivity index (χ1) is 8.54. The molecule has 1 aromatic carbocycles. The molecule has 98 valence electrons. The van der Waals surface area contributed by atoms with Crippen LogP contribution in [0.2, 0.25) is 0 Å². The van der Waals surface area contributed by atoms with Gasteiger partial charge in [-0.05, 0) is 18.2 Å². The number of methoxy groups -OCH3 is 1. The molecule has 1 rings (SSSR count). The van der Waals surface area contributed by atoms with Gasteiger partial charge >= 0.3 is 12.0 Å². The number of nitrogens with one attached hydrogen (secondary N) is 2. The largest absolute Gasteiger partial charge is 0.478 e. The predicted molar refractivity (Wildman–Crippen MR) is 70.0 cm³/mol. The highest BCUT2D eigenvalue weighted by Crippen LogP contribution is 2.21. The molecule has 7 heteroatoms. The second-order valence-electron chi connectivity index (χ2n) is 3.37. The van der Waals surface area contributed by atoms with Crippen LogP contribution in [-0.4, -0.2) is 37.4 Å². The second-order valence-corrected chi connectivity index (χ2v) is 4.28. The fraction of sp³-hybridized carbons (Fsp3) is 0.273. The summed E-state index contributed by atoms with van der Waals surface area (Å²) in [7, 11) is 1.52. The van der Waals surface area contributed by atoms with Crippen LogP contribution in [0.4, 0.5) is 10.5 Å². The predicted octanol–water partition coefficient (Wildman–Crippen LogP) is 1.92. The van der Waals surface area contributed by atoms with Gasteiger partial charge in [0.1, 0.15) is 0 Å². The van der Waals surface area contributed by atoms with Crippen molar-refractivity contribution in [2.45, 2.75) is 0 Å². The van der Waals surface area contributed by atoms with E-state index in [1.54, 1.807) is 6.07 Å². The molecule has 0 aliphatic carbocycles. The number of carboxylic acids is 1. The van der Waals surface area contributed by atoms with E-state index in [2.05, 4.69) is 26.6 Å². The zero-order chi connectivity index (χ0) is 13.5. The molecule has 0 aromatic heterocycles. The average molecular weight is 317 g/mol. The van der Waals surface area contributed by atoms with Crippen molar-refractivity contribution in [1.82, 2.24) is 5.32 Å². The molecule has 0 aliphatic heterocycles. The third kappa shape index (κ3) is 4.34. The van der Waals surface area contributed by atoms with Crippen molar-refractivity contribution < 1.29 is 19.4 Å². The molecule has 0 fully saturated rings. The Kier molecular flexibility index (Phi) is 5.60. The maximum absolute atomic E-state index is 11.5. The highest BCUT2D eigenvalue weighted by atomic mass is 79.9. The van der Waals surface area contributed by atoms with Crippen LogP contribution >= 0.6 is 15.9 Å². The van der Waals surface area contributed by atoms with Crippen LogP contribution in [0.3, 0.4) is 0 Å². The lowest BCUT2D eigenvalue weighted by Gasteiger charge is -2.10. The van der Waals surface area contributed by atoms with Crippen molar-refractivity contribution in [2.24, 2.45) is 0 Å². The van der Waals surface area contributed by atoms with Crippen molar-refractivity contribution in [3.8, 4) is 0 Å². The lowest BCUT2D eigenvalue weighted by molar-refractivity contribution is 0.0698. The first kappa shape index (κ1) is 14.5. The molecule has 1 aromatic rings. The smallest absolute Gasteiger partial charge is 0.337 e. The number of ether oxygens (including phenoxy) is 1. The van der Waals surface area contributed by atoms with Gasteiger partial charge < -0.3 is 20.5 Å². The van der Waals surface area contributed by atoms with E-state index in [0.29, 0.717) is 17.6 Å². The Balaban J connectivity index is 2.73. The minimum Gasteiger partial charge on any atom is -0.478 e. The van der Waals surface area contributed by atoms with E-state index >= 15 is 0 Å². The van der Waals surface area contributed by atoms with Gasteiger partial charge in [-0.15, -0.1) is 0 Å². The first-order valence-corrected chi connectivity index (χ1v) is 5.90. The van der Waals surface area contributed by atoms with Crippen LogP contribution in [0.1, 0.15) is 10.4 Å². The highest BCUT2D eigenvalue weighted by Gasteiger charge is 2.12. The molecule has 2 amide bonds. The number of amides is 2. The number of carbonyl (C=O) groups excluding carboxylic acids is 1. The lowest BCUT2D eigenvalue weighted by Crippen LogP contribution is -2.31. The van der Waals surface area contributed by atoms with Gasteiger partial charge in [-0.3, -0.25) is 0 Å². The van der Waals surface area contributed by atoms with E-state index in [1.807, 2.05) is 0 Å². The van der Waals surface area contributed by atoms with Crippen molar-refractivity contribution >= 4 is 33.6 Å². The molecule has 18 heavy (non-hydrogen) atoms. The third-order valence-corrected chi connectivity index (χ3v) is 2.55. The summed E-state index contributed by atoms with van der Waals surface area (Å²) in [5.41, 5.74) is 0.256. The minimum absolute atomic E-state index is 0.0279. The number of carboxylic acid groups (broad SMARTS) is 1. The molecule has 0 atom stereocenters. The number of rotatable bonds is 5. The van der Waals surface area contributed by atoms with Crippen molar-refractivity contribution in [1.29, 1.82) is 0 Å². The Bertz CT molecular complexity index is 451. The number of hydrogen-bond donors (Lipinski definition) is 3. The summed E-state index contributed by atoms with van der Waals surface area (Å²) in [5, 5.41) is 14.0. The standard InChI is InChI=1S/C11H13BrN2O4/c1-18-5-4-13-11(17)14-9-6-7(12)2-3-8(9)10(15)16/h2-3,6H,4-5H2,1H3,(H,15,16)(H2,13,14,17). The fourth-order valence-electron chi connectivity index (χ4n) is 1.24. The highest BCUT2D eigenvalue weighted by molar-refractivity contribution is 9.10. The van der Waals surface area contributed by atoms with Gasteiger partial charge in [-0.2, -0.15) is 0 Å². The Morgan fingerprint density at radius 2 is 2.17 bits per heavy atom. The van der Waals surface area contributed by atoms with Gasteiger partial charge in [-0.1, -0.05) is 15.9 Å². The molecule has 6 nitrogen and oxygen atoms in total. The Labute approximate surface area is 112 Å². The summed E-state index contributed by atoms with van der Waals surface area (Å²) in [4.78, 5) is 22.5. The molecule has 0 radical (unpaired) electrons. The molecule has 0 unspecified atom stereocenters. The molecule has 0 spiro atoms. The van der Waals surface area contributed by atoms with Crippen LogP contribution in [0.15, 0.2) is 22.7 Å². The van der Waals surface area contributed by atoms with E-state index in [9.17, 15) is 9.59 Å². The summed E-state index contributed by atoms with van der Waals surface area (Å²) in [6, 6.07) is 4.06. The van der Waals surface area contributed by atoms with Crippen LogP contribution in [0.25, 0.3) is 0 Å². The monoisotopic (exact) mass is 316 g/mol. The average Bonchev–Trinajstić information content (AvgIpc) is 2.29. The van der Waals surface area contributed by atoms with Crippen LogP contribution in [-0.2, 0) is 4.74 Å². The van der Waals surface area contributed by atoms with Gasteiger partial charge in [0, 0.05) is 18.1 Å². The molecular formula is C11H13BrN2O4. The van der Waals surface area contributed by atoms with E-state index in [4.69, 9.17) is 9.84 Å². The maximum atomic E-state index is 11.5. The van der Waals surface area contributed by atoms with Crippen LogP contribution in [0.5, 0.6) is 0 Å². The lowest BCUT2D eigenvalue weighted by atomic mass is 10.2. The van der Waals surface area contributed by atoms with Crippen molar-refractivity contribution in [2.75, 3.05) is 25.6 Å². The van der Waals surface area contributed by atoms with Gasteiger partial charge in [0.2, 0.25) is 0 Å². The van der Waals surface area contributed by atoms with Crippen molar-refractivity contribution in [3.05, 3.63) is 28.2 Å². The third-order valence-electron chi connectivity index (χ3n) is 2.05. The molecule has 0 saturated carbocycles. The summed E-state index contributed by atoms with van der Waals surface area (Å²) >= 11 is 3.21. The SMILES string of the molecule is COCCNC(=O)Nc1cc(Br)ccc1C(=O)O. The van der Waals surface area contributed by atoms with Gasteiger partial charge in [0.25, 0.3) is 0 Å². The normalized spacial score (nSPS) is 9.89.